The summed E-state index contributed by atoms with van der Waals surface area (Å²) in [5.74, 6) is 2.51. The highest BCUT2D eigenvalue weighted by Gasteiger charge is 2.19. The predicted molar refractivity (Wildman–Crippen MR) is 86.6 cm³/mol. The molecule has 0 bridgehead atoms. The van der Waals surface area contributed by atoms with Crippen LogP contribution in [0, 0.1) is 0 Å². The summed E-state index contributed by atoms with van der Waals surface area (Å²) in [6.07, 6.45) is 2.55. The first-order chi connectivity index (χ1) is 10.9. The summed E-state index contributed by atoms with van der Waals surface area (Å²) in [4.78, 5) is 6.77. The van der Waals surface area contributed by atoms with Crippen molar-refractivity contribution < 1.29 is 9.15 Å². The average Bonchev–Trinajstić information content (AvgIpc) is 3.19. The van der Waals surface area contributed by atoms with Gasteiger partial charge in [-0.05, 0) is 35.9 Å². The number of hydrogen-bond donors (Lipinski definition) is 0. The Bertz CT molecular complexity index is 924. The smallest absolute Gasteiger partial charge is 0.224 e. The first-order valence-electron chi connectivity index (χ1n) is 7.10. The van der Waals surface area contributed by atoms with Crippen LogP contribution in [0.3, 0.4) is 0 Å². The number of hydrogen-bond acceptors (Lipinski definition) is 4. The number of ether oxygens (including phenoxy) is 1. The molecule has 0 aliphatic carbocycles. The number of pyridine rings is 1. The number of aromatic nitrogens is 1. The van der Waals surface area contributed by atoms with Crippen molar-refractivity contribution in [3.63, 3.8) is 0 Å². The molecule has 0 N–H and O–H groups in total. The molecule has 1 aromatic carbocycles. The molecule has 3 aromatic heterocycles. The molecule has 0 fully saturated rings. The van der Waals surface area contributed by atoms with E-state index in [4.69, 9.17) is 14.1 Å². The van der Waals surface area contributed by atoms with E-state index in [0.29, 0.717) is 0 Å². The van der Waals surface area contributed by atoms with Gasteiger partial charge in [-0.25, -0.2) is 4.98 Å². The lowest BCUT2D eigenvalue weighted by molar-refractivity contribution is 0.443. The molecule has 4 heterocycles. The van der Waals surface area contributed by atoms with Crippen molar-refractivity contribution in [1.29, 1.82) is 0 Å². The van der Waals surface area contributed by atoms with E-state index in [1.54, 1.807) is 17.6 Å². The Morgan fingerprint density at radius 3 is 2.86 bits per heavy atom. The van der Waals surface area contributed by atoms with Gasteiger partial charge in [0.15, 0.2) is 0 Å². The molecule has 0 saturated carbocycles. The number of furan rings is 1. The third kappa shape index (κ3) is 1.77. The van der Waals surface area contributed by atoms with Gasteiger partial charge in [-0.2, -0.15) is 0 Å². The van der Waals surface area contributed by atoms with E-state index in [9.17, 15) is 0 Å². The second-order valence-electron chi connectivity index (χ2n) is 5.32. The van der Waals surface area contributed by atoms with Gasteiger partial charge in [0.2, 0.25) is 5.88 Å². The van der Waals surface area contributed by atoms with Crippen molar-refractivity contribution in [2.24, 2.45) is 0 Å². The van der Waals surface area contributed by atoms with Crippen LogP contribution in [0.25, 0.3) is 20.9 Å². The summed E-state index contributed by atoms with van der Waals surface area (Å²) in [6, 6.07) is 16.3. The first kappa shape index (κ1) is 12.0. The van der Waals surface area contributed by atoms with Crippen LogP contribution in [0.5, 0.6) is 11.6 Å². The Kier molecular flexibility index (Phi) is 2.43. The molecule has 0 unspecified atom stereocenters. The van der Waals surface area contributed by atoms with Crippen molar-refractivity contribution in [3.8, 4) is 22.3 Å². The van der Waals surface area contributed by atoms with Gasteiger partial charge in [-0.1, -0.05) is 18.2 Å². The summed E-state index contributed by atoms with van der Waals surface area (Å²) in [7, 11) is 0. The van der Waals surface area contributed by atoms with Gasteiger partial charge in [0.05, 0.1) is 11.1 Å². The fourth-order valence-electron chi connectivity index (χ4n) is 2.81. The minimum absolute atomic E-state index is 0.721. The molecule has 0 radical (unpaired) electrons. The van der Waals surface area contributed by atoms with E-state index < -0.39 is 0 Å². The zero-order valence-corrected chi connectivity index (χ0v) is 12.4. The van der Waals surface area contributed by atoms with Crippen LogP contribution in [-0.4, -0.2) is 4.98 Å². The van der Waals surface area contributed by atoms with Crippen LogP contribution >= 0.6 is 11.3 Å². The van der Waals surface area contributed by atoms with Crippen LogP contribution in [-0.2, 0) is 6.42 Å². The van der Waals surface area contributed by atoms with Gasteiger partial charge in [-0.3, -0.25) is 0 Å². The SMILES string of the molecule is c1coc(-c2cc3cc4c(nc3s2)Oc2ccccc2C4)c1. The second kappa shape index (κ2) is 4.45. The fourth-order valence-corrected chi connectivity index (χ4v) is 3.79. The lowest BCUT2D eigenvalue weighted by Crippen LogP contribution is -2.04. The molecule has 4 heteroatoms. The van der Waals surface area contributed by atoms with Gasteiger partial charge in [0.25, 0.3) is 0 Å². The van der Waals surface area contributed by atoms with Crippen molar-refractivity contribution in [2.45, 2.75) is 6.42 Å². The van der Waals surface area contributed by atoms with Crippen molar-refractivity contribution in [3.05, 3.63) is 65.9 Å². The zero-order valence-electron chi connectivity index (χ0n) is 11.6. The molecule has 106 valence electrons. The normalized spacial score (nSPS) is 12.7. The van der Waals surface area contributed by atoms with Crippen LogP contribution in [0.15, 0.2) is 59.2 Å². The van der Waals surface area contributed by atoms with E-state index in [-0.39, 0.29) is 0 Å². The van der Waals surface area contributed by atoms with Gasteiger partial charge >= 0.3 is 0 Å². The van der Waals surface area contributed by atoms with Crippen molar-refractivity contribution >= 4 is 21.6 Å². The summed E-state index contributed by atoms with van der Waals surface area (Å²) >= 11 is 1.62. The largest absolute Gasteiger partial charge is 0.464 e. The summed E-state index contributed by atoms with van der Waals surface area (Å²) in [6.45, 7) is 0. The standard InChI is InChI=1S/C18H11NO2S/c1-2-5-14-11(4-1)8-12-9-13-10-16(15-6-3-7-20-15)22-18(13)19-17(12)21-14/h1-7,9-10H,8H2. The van der Waals surface area contributed by atoms with Crippen molar-refractivity contribution in [1.82, 2.24) is 4.98 Å². The van der Waals surface area contributed by atoms with Gasteiger partial charge in [-0.15, -0.1) is 11.3 Å². The van der Waals surface area contributed by atoms with E-state index in [1.807, 2.05) is 30.3 Å². The molecule has 5 rings (SSSR count). The van der Waals surface area contributed by atoms with Gasteiger partial charge < -0.3 is 9.15 Å². The van der Waals surface area contributed by atoms with Crippen LogP contribution < -0.4 is 4.74 Å². The monoisotopic (exact) mass is 305 g/mol. The molecule has 4 aromatic rings. The Morgan fingerprint density at radius 1 is 1.00 bits per heavy atom. The molecule has 0 saturated heterocycles. The van der Waals surface area contributed by atoms with E-state index in [2.05, 4.69) is 18.2 Å². The molecular formula is C18H11NO2S. The minimum Gasteiger partial charge on any atom is -0.464 e. The Labute approximate surface area is 130 Å². The van der Waals surface area contributed by atoms with Crippen LogP contribution in [0.2, 0.25) is 0 Å². The number of benzene rings is 1. The topological polar surface area (TPSA) is 35.3 Å². The zero-order chi connectivity index (χ0) is 14.5. The molecule has 0 spiro atoms. The summed E-state index contributed by atoms with van der Waals surface area (Å²) in [5.41, 5.74) is 2.34. The molecule has 0 atom stereocenters. The maximum atomic E-state index is 5.96. The van der Waals surface area contributed by atoms with Gasteiger partial charge in [0.1, 0.15) is 16.3 Å². The lowest BCUT2D eigenvalue weighted by atomic mass is 10.0. The summed E-state index contributed by atoms with van der Waals surface area (Å²) in [5, 5.41) is 1.14. The number of para-hydroxylation sites is 1. The van der Waals surface area contributed by atoms with E-state index in [1.165, 1.54) is 5.56 Å². The Balaban J connectivity index is 1.65. The van der Waals surface area contributed by atoms with Crippen LogP contribution in [0.4, 0.5) is 0 Å². The minimum atomic E-state index is 0.721. The maximum Gasteiger partial charge on any atom is 0.224 e. The maximum absolute atomic E-state index is 5.96. The van der Waals surface area contributed by atoms with Crippen molar-refractivity contribution in [2.75, 3.05) is 0 Å². The molecule has 22 heavy (non-hydrogen) atoms. The molecule has 1 aliphatic heterocycles. The molecule has 1 aliphatic rings. The fraction of sp³-hybridized carbons (Fsp3) is 0.0556. The molecular weight excluding hydrogens is 294 g/mol. The third-order valence-corrected chi connectivity index (χ3v) is 4.93. The Morgan fingerprint density at radius 2 is 1.95 bits per heavy atom. The second-order valence-corrected chi connectivity index (χ2v) is 6.35. The number of fused-ring (bicyclic) bond motifs is 3. The average molecular weight is 305 g/mol. The van der Waals surface area contributed by atoms with E-state index in [0.717, 1.165) is 44.5 Å². The highest BCUT2D eigenvalue weighted by atomic mass is 32.1. The van der Waals surface area contributed by atoms with E-state index >= 15 is 0 Å². The number of thiophene rings is 1. The first-order valence-corrected chi connectivity index (χ1v) is 7.91. The predicted octanol–water partition coefficient (Wildman–Crippen LogP) is 5.25. The molecule has 0 amide bonds. The highest BCUT2D eigenvalue weighted by molar-refractivity contribution is 7.21. The Hall–Kier alpha value is -2.59. The quantitative estimate of drug-likeness (QED) is 0.424. The number of rotatable bonds is 1. The summed E-state index contributed by atoms with van der Waals surface area (Å²) < 4.78 is 11.4. The van der Waals surface area contributed by atoms with Crippen LogP contribution in [0.1, 0.15) is 11.1 Å². The highest BCUT2D eigenvalue weighted by Crippen LogP contribution is 2.40. The lowest BCUT2D eigenvalue weighted by Gasteiger charge is -2.18. The molecule has 3 nitrogen and oxygen atoms in total. The number of nitrogens with zero attached hydrogens (tertiary/aromatic N) is 1. The third-order valence-electron chi connectivity index (χ3n) is 3.87. The van der Waals surface area contributed by atoms with Gasteiger partial charge in [0, 0.05) is 17.4 Å².